The number of sulfone groups is 1. The Balaban J connectivity index is 1.52. The summed E-state index contributed by atoms with van der Waals surface area (Å²) in [5.74, 6) is -0.675. The van der Waals surface area contributed by atoms with E-state index in [2.05, 4.69) is 21.2 Å². The minimum Gasteiger partial charge on any atom is -0.326 e. The summed E-state index contributed by atoms with van der Waals surface area (Å²) in [5, 5.41) is 2.76. The summed E-state index contributed by atoms with van der Waals surface area (Å²) in [4.78, 5) is 27.9. The molecule has 0 atom stereocenters. The van der Waals surface area contributed by atoms with Gasteiger partial charge in [-0.3, -0.25) is 9.59 Å². The fourth-order valence-corrected chi connectivity index (χ4v) is 6.37. The maximum atomic E-state index is 13.2. The standard InChI is InChI=1S/C22H23BrN2O4S2/c1-30-18-4-2-3-17(13-18)24-20(26)8-10-31(28,29)19-12-16(23)11-15-7-9-25(21(15)19)22(27)14-5-6-14/h2-4,11-14H,5-10H2,1H3,(H,24,26). The molecule has 2 aromatic carbocycles. The number of rotatable bonds is 7. The van der Waals surface area contributed by atoms with Crippen molar-refractivity contribution < 1.29 is 18.0 Å². The van der Waals surface area contributed by atoms with Crippen LogP contribution < -0.4 is 10.2 Å². The van der Waals surface area contributed by atoms with E-state index in [1.54, 1.807) is 28.8 Å². The van der Waals surface area contributed by atoms with Gasteiger partial charge in [-0.2, -0.15) is 0 Å². The van der Waals surface area contributed by atoms with Gasteiger partial charge < -0.3 is 10.2 Å². The Kier molecular flexibility index (Phi) is 6.46. The van der Waals surface area contributed by atoms with Gasteiger partial charge in [0.1, 0.15) is 0 Å². The second-order valence-corrected chi connectivity index (χ2v) is 11.6. The number of halogens is 1. The Labute approximate surface area is 194 Å². The third kappa shape index (κ3) is 4.99. The quantitative estimate of drug-likeness (QED) is 0.548. The molecule has 1 aliphatic heterocycles. The van der Waals surface area contributed by atoms with Crippen molar-refractivity contribution >= 4 is 60.7 Å². The molecule has 0 saturated heterocycles. The van der Waals surface area contributed by atoms with Crippen LogP contribution in [0.1, 0.15) is 24.8 Å². The van der Waals surface area contributed by atoms with Gasteiger partial charge in [-0.05, 0) is 61.4 Å². The second-order valence-electron chi connectivity index (χ2n) is 7.77. The van der Waals surface area contributed by atoms with Crippen LogP contribution in [0.4, 0.5) is 11.4 Å². The zero-order chi connectivity index (χ0) is 22.2. The summed E-state index contributed by atoms with van der Waals surface area (Å²) in [5.41, 5.74) is 1.98. The Morgan fingerprint density at radius 3 is 2.71 bits per heavy atom. The molecular formula is C22H23BrN2O4S2. The monoisotopic (exact) mass is 522 g/mol. The highest BCUT2D eigenvalue weighted by Gasteiger charge is 2.39. The molecule has 31 heavy (non-hydrogen) atoms. The first-order valence-electron chi connectivity index (χ1n) is 10.1. The van der Waals surface area contributed by atoms with Crippen LogP contribution in [0.3, 0.4) is 0 Å². The van der Waals surface area contributed by atoms with Crippen molar-refractivity contribution in [3.8, 4) is 0 Å². The number of benzene rings is 2. The summed E-state index contributed by atoms with van der Waals surface area (Å²) in [6, 6.07) is 10.8. The van der Waals surface area contributed by atoms with Crippen LogP contribution in [0.15, 0.2) is 50.7 Å². The normalized spacial score (nSPS) is 15.6. The summed E-state index contributed by atoms with van der Waals surface area (Å²) >= 11 is 4.96. The lowest BCUT2D eigenvalue weighted by molar-refractivity contribution is -0.119. The molecule has 2 aromatic rings. The number of hydrogen-bond donors (Lipinski definition) is 1. The average molecular weight is 523 g/mol. The Morgan fingerprint density at radius 1 is 1.23 bits per heavy atom. The van der Waals surface area contributed by atoms with Gasteiger partial charge in [0.25, 0.3) is 0 Å². The number of thioether (sulfide) groups is 1. The van der Waals surface area contributed by atoms with E-state index in [1.165, 1.54) is 0 Å². The van der Waals surface area contributed by atoms with Crippen molar-refractivity contribution in [2.24, 2.45) is 5.92 Å². The van der Waals surface area contributed by atoms with Crippen LogP contribution in [0, 0.1) is 5.92 Å². The lowest BCUT2D eigenvalue weighted by atomic mass is 10.2. The molecule has 2 amide bonds. The van der Waals surface area contributed by atoms with Crippen LogP contribution in [0.5, 0.6) is 0 Å². The third-order valence-corrected chi connectivity index (χ3v) is 8.38. The van der Waals surface area contributed by atoms with Crippen molar-refractivity contribution in [2.75, 3.05) is 28.8 Å². The van der Waals surface area contributed by atoms with Gasteiger partial charge in [0.15, 0.2) is 9.84 Å². The largest absolute Gasteiger partial charge is 0.326 e. The predicted octanol–water partition coefficient (Wildman–Crippen LogP) is 4.27. The zero-order valence-corrected chi connectivity index (χ0v) is 20.3. The van der Waals surface area contributed by atoms with Gasteiger partial charge in [-0.25, -0.2) is 8.42 Å². The highest BCUT2D eigenvalue weighted by Crippen LogP contribution is 2.41. The van der Waals surface area contributed by atoms with Gasteiger partial charge in [-0.1, -0.05) is 22.0 Å². The third-order valence-electron chi connectivity index (χ3n) is 5.47. The molecule has 1 aliphatic carbocycles. The molecule has 164 valence electrons. The molecule has 2 aliphatic rings. The molecule has 0 aromatic heterocycles. The molecule has 0 bridgehead atoms. The number of carbonyl (C=O) groups excluding carboxylic acids is 2. The molecule has 9 heteroatoms. The van der Waals surface area contributed by atoms with Gasteiger partial charge >= 0.3 is 0 Å². The molecule has 4 rings (SSSR count). The Morgan fingerprint density at radius 2 is 2.00 bits per heavy atom. The fraction of sp³-hybridized carbons (Fsp3) is 0.364. The van der Waals surface area contributed by atoms with Gasteiger partial charge in [0, 0.05) is 33.9 Å². The SMILES string of the molecule is CSc1cccc(NC(=O)CCS(=O)(=O)c2cc(Br)cc3c2N(C(=O)C2CC2)CC3)c1. The predicted molar refractivity (Wildman–Crippen MR) is 126 cm³/mol. The number of nitrogens with one attached hydrogen (secondary N) is 1. The van der Waals surface area contributed by atoms with Crippen molar-refractivity contribution in [3.63, 3.8) is 0 Å². The van der Waals surface area contributed by atoms with E-state index in [0.717, 1.165) is 23.3 Å². The van der Waals surface area contributed by atoms with Gasteiger partial charge in [-0.15, -0.1) is 11.8 Å². The zero-order valence-electron chi connectivity index (χ0n) is 17.1. The molecule has 1 saturated carbocycles. The molecular weight excluding hydrogens is 500 g/mol. The topological polar surface area (TPSA) is 83.6 Å². The highest BCUT2D eigenvalue weighted by atomic mass is 79.9. The minimum atomic E-state index is -3.77. The maximum absolute atomic E-state index is 13.2. The van der Waals surface area contributed by atoms with Crippen molar-refractivity contribution in [3.05, 3.63) is 46.4 Å². The first kappa shape index (κ1) is 22.4. The molecule has 0 unspecified atom stereocenters. The van der Waals surface area contributed by atoms with Crippen LogP contribution in [-0.4, -0.2) is 38.8 Å². The summed E-state index contributed by atoms with van der Waals surface area (Å²) in [6.45, 7) is 0.496. The average Bonchev–Trinajstić information content (AvgIpc) is 3.51. The van der Waals surface area contributed by atoms with E-state index in [4.69, 9.17) is 0 Å². The minimum absolute atomic E-state index is 0.00365. The number of amides is 2. The Hall–Kier alpha value is -1.84. The molecule has 6 nitrogen and oxygen atoms in total. The summed E-state index contributed by atoms with van der Waals surface area (Å²) in [7, 11) is -3.77. The fourth-order valence-electron chi connectivity index (χ4n) is 3.74. The molecule has 1 heterocycles. The van der Waals surface area contributed by atoms with E-state index in [0.29, 0.717) is 28.8 Å². The highest BCUT2D eigenvalue weighted by molar-refractivity contribution is 9.10. The summed E-state index contributed by atoms with van der Waals surface area (Å²) < 4.78 is 27.1. The Bertz CT molecular complexity index is 1150. The molecule has 1 fully saturated rings. The van der Waals surface area contributed by atoms with Crippen LogP contribution in [-0.2, 0) is 25.8 Å². The lowest BCUT2D eigenvalue weighted by Crippen LogP contribution is -2.31. The smallest absolute Gasteiger partial charge is 0.230 e. The van der Waals surface area contributed by atoms with E-state index in [9.17, 15) is 18.0 Å². The second kappa shape index (κ2) is 8.96. The summed E-state index contributed by atoms with van der Waals surface area (Å²) in [6.07, 6.45) is 4.13. The van der Waals surface area contributed by atoms with Gasteiger partial charge in [0.05, 0.1) is 16.3 Å². The van der Waals surface area contributed by atoms with Crippen LogP contribution >= 0.6 is 27.7 Å². The van der Waals surface area contributed by atoms with E-state index in [1.807, 2.05) is 30.5 Å². The van der Waals surface area contributed by atoms with Crippen LogP contribution in [0.25, 0.3) is 0 Å². The molecule has 1 N–H and O–H groups in total. The van der Waals surface area contributed by atoms with E-state index >= 15 is 0 Å². The first-order chi connectivity index (χ1) is 14.8. The van der Waals surface area contributed by atoms with Gasteiger partial charge in [0.2, 0.25) is 11.8 Å². The van der Waals surface area contributed by atoms with E-state index < -0.39 is 9.84 Å². The number of carbonyl (C=O) groups is 2. The number of hydrogen-bond acceptors (Lipinski definition) is 5. The number of fused-ring (bicyclic) bond motifs is 1. The van der Waals surface area contributed by atoms with Crippen LogP contribution in [0.2, 0.25) is 0 Å². The first-order valence-corrected chi connectivity index (χ1v) is 13.8. The van der Waals surface area contributed by atoms with Crippen molar-refractivity contribution in [1.82, 2.24) is 0 Å². The lowest BCUT2D eigenvalue weighted by Gasteiger charge is -2.20. The molecule has 0 spiro atoms. The van der Waals surface area contributed by atoms with Crippen molar-refractivity contribution in [1.29, 1.82) is 0 Å². The van der Waals surface area contributed by atoms with E-state index in [-0.39, 0.29) is 34.8 Å². The molecule has 0 radical (unpaired) electrons. The number of anilines is 2. The van der Waals surface area contributed by atoms with Crippen molar-refractivity contribution in [2.45, 2.75) is 35.5 Å². The number of nitrogens with zero attached hydrogens (tertiary/aromatic N) is 1. The maximum Gasteiger partial charge on any atom is 0.230 e.